The van der Waals surface area contributed by atoms with Crippen LogP contribution in [0.3, 0.4) is 0 Å². The highest BCUT2D eigenvalue weighted by Gasteiger charge is 2.16. The van der Waals surface area contributed by atoms with E-state index in [2.05, 4.69) is 10.3 Å². The second-order valence-electron chi connectivity index (χ2n) is 7.48. The highest BCUT2D eigenvalue weighted by Crippen LogP contribution is 2.30. The molecule has 3 aromatic rings. The number of aromatic nitrogens is 2. The van der Waals surface area contributed by atoms with Crippen LogP contribution in [-0.4, -0.2) is 28.2 Å². The number of nitrogens with zero attached hydrogens (tertiary/aromatic N) is 2. The van der Waals surface area contributed by atoms with E-state index in [1.54, 1.807) is 0 Å². The Balaban J connectivity index is 1.50. The Morgan fingerprint density at radius 1 is 1.07 bits per heavy atom. The standard InChI is InChI=1S/C23H24ClN3OS/c24-18-11-12-20-19(13-18)23(27-22(26-20)17-9-5-2-6-10-17)29-15-21(28)25-14-16-7-3-1-4-8-16/h2,5-6,9-13,16H,1,3-4,7-8,14-15H2,(H,25,28). The predicted octanol–water partition coefficient (Wildman–Crippen LogP) is 5.74. The molecule has 1 fully saturated rings. The van der Waals surface area contributed by atoms with Crippen molar-refractivity contribution in [1.29, 1.82) is 0 Å². The minimum absolute atomic E-state index is 0.0515. The summed E-state index contributed by atoms with van der Waals surface area (Å²) >= 11 is 7.64. The van der Waals surface area contributed by atoms with Gasteiger partial charge in [-0.2, -0.15) is 0 Å². The maximum absolute atomic E-state index is 12.4. The van der Waals surface area contributed by atoms with Crippen LogP contribution in [0.15, 0.2) is 53.6 Å². The first-order chi connectivity index (χ1) is 14.2. The third kappa shape index (κ3) is 5.28. The van der Waals surface area contributed by atoms with Crippen LogP contribution in [0.2, 0.25) is 5.02 Å². The van der Waals surface area contributed by atoms with Crippen molar-refractivity contribution < 1.29 is 4.79 Å². The Hall–Kier alpha value is -2.11. The summed E-state index contributed by atoms with van der Waals surface area (Å²) in [6, 6.07) is 15.5. The first kappa shape index (κ1) is 20.2. The molecule has 0 saturated heterocycles. The van der Waals surface area contributed by atoms with Gasteiger partial charge in [0.1, 0.15) is 5.03 Å². The largest absolute Gasteiger partial charge is 0.355 e. The lowest BCUT2D eigenvalue weighted by Gasteiger charge is -2.21. The van der Waals surface area contributed by atoms with Crippen molar-refractivity contribution in [3.8, 4) is 11.4 Å². The van der Waals surface area contributed by atoms with Gasteiger partial charge in [0.2, 0.25) is 5.91 Å². The molecular formula is C23H24ClN3OS. The zero-order valence-corrected chi connectivity index (χ0v) is 17.8. The molecule has 1 aliphatic carbocycles. The number of halogens is 1. The van der Waals surface area contributed by atoms with Crippen LogP contribution in [-0.2, 0) is 4.79 Å². The van der Waals surface area contributed by atoms with Crippen molar-refractivity contribution in [1.82, 2.24) is 15.3 Å². The monoisotopic (exact) mass is 425 g/mol. The van der Waals surface area contributed by atoms with Crippen LogP contribution < -0.4 is 5.32 Å². The lowest BCUT2D eigenvalue weighted by atomic mass is 9.89. The summed E-state index contributed by atoms with van der Waals surface area (Å²) in [4.78, 5) is 21.9. The number of hydrogen-bond donors (Lipinski definition) is 1. The van der Waals surface area contributed by atoms with Gasteiger partial charge >= 0.3 is 0 Å². The van der Waals surface area contributed by atoms with Gasteiger partial charge in [0.05, 0.1) is 11.3 Å². The smallest absolute Gasteiger partial charge is 0.230 e. The van der Waals surface area contributed by atoms with E-state index in [0.717, 1.165) is 28.0 Å². The molecule has 1 saturated carbocycles. The van der Waals surface area contributed by atoms with E-state index in [-0.39, 0.29) is 5.91 Å². The van der Waals surface area contributed by atoms with Crippen LogP contribution >= 0.6 is 23.4 Å². The van der Waals surface area contributed by atoms with E-state index >= 15 is 0 Å². The summed E-state index contributed by atoms with van der Waals surface area (Å²) in [5.41, 5.74) is 1.78. The molecule has 29 heavy (non-hydrogen) atoms. The quantitative estimate of drug-likeness (QED) is 0.404. The van der Waals surface area contributed by atoms with Crippen molar-refractivity contribution in [3.05, 3.63) is 53.6 Å². The summed E-state index contributed by atoms with van der Waals surface area (Å²) in [7, 11) is 0. The minimum Gasteiger partial charge on any atom is -0.355 e. The summed E-state index contributed by atoms with van der Waals surface area (Å²) in [6.07, 6.45) is 6.34. The molecule has 1 aromatic heterocycles. The number of rotatable bonds is 6. The fraction of sp³-hybridized carbons (Fsp3) is 0.348. The normalized spacial score (nSPS) is 14.8. The number of nitrogens with one attached hydrogen (secondary N) is 1. The molecule has 0 atom stereocenters. The molecule has 1 heterocycles. The van der Waals surface area contributed by atoms with Gasteiger partial charge in [-0.15, -0.1) is 0 Å². The molecule has 4 rings (SSSR count). The van der Waals surface area contributed by atoms with E-state index in [1.165, 1.54) is 43.9 Å². The number of thioether (sulfide) groups is 1. The van der Waals surface area contributed by atoms with Crippen LogP contribution in [0.4, 0.5) is 0 Å². The molecule has 0 aliphatic heterocycles. The molecule has 1 amide bonds. The van der Waals surface area contributed by atoms with E-state index in [1.807, 2.05) is 48.5 Å². The molecule has 6 heteroatoms. The molecule has 4 nitrogen and oxygen atoms in total. The van der Waals surface area contributed by atoms with Gasteiger partial charge in [0.15, 0.2) is 5.82 Å². The minimum atomic E-state index is 0.0515. The maximum atomic E-state index is 12.4. The first-order valence-electron chi connectivity index (χ1n) is 10.1. The zero-order valence-electron chi connectivity index (χ0n) is 16.2. The zero-order chi connectivity index (χ0) is 20.1. The number of hydrogen-bond acceptors (Lipinski definition) is 4. The molecule has 0 spiro atoms. The van der Waals surface area contributed by atoms with Crippen molar-refractivity contribution in [3.63, 3.8) is 0 Å². The van der Waals surface area contributed by atoms with Crippen LogP contribution in [0, 0.1) is 5.92 Å². The van der Waals surface area contributed by atoms with Crippen molar-refractivity contribution in [2.24, 2.45) is 5.92 Å². The second kappa shape index (κ2) is 9.59. The average Bonchev–Trinajstić information content (AvgIpc) is 2.77. The van der Waals surface area contributed by atoms with Gasteiger partial charge in [0.25, 0.3) is 0 Å². The Kier molecular flexibility index (Phi) is 6.67. The summed E-state index contributed by atoms with van der Waals surface area (Å²) in [5, 5.41) is 5.39. The molecule has 0 radical (unpaired) electrons. The molecule has 150 valence electrons. The highest BCUT2D eigenvalue weighted by atomic mass is 35.5. The predicted molar refractivity (Wildman–Crippen MR) is 120 cm³/mol. The van der Waals surface area contributed by atoms with Crippen LogP contribution in [0.5, 0.6) is 0 Å². The fourth-order valence-electron chi connectivity index (χ4n) is 3.73. The third-order valence-electron chi connectivity index (χ3n) is 5.31. The van der Waals surface area contributed by atoms with Gasteiger partial charge < -0.3 is 5.32 Å². The van der Waals surface area contributed by atoms with E-state index in [0.29, 0.717) is 22.5 Å². The van der Waals surface area contributed by atoms with Gasteiger partial charge in [-0.25, -0.2) is 9.97 Å². The Bertz CT molecular complexity index is 990. The van der Waals surface area contributed by atoms with E-state index < -0.39 is 0 Å². The summed E-state index contributed by atoms with van der Waals surface area (Å²) < 4.78 is 0. The molecular weight excluding hydrogens is 402 g/mol. The van der Waals surface area contributed by atoms with Crippen molar-refractivity contribution in [2.75, 3.05) is 12.3 Å². The number of carbonyl (C=O) groups is 1. The fourth-order valence-corrected chi connectivity index (χ4v) is 4.75. The summed E-state index contributed by atoms with van der Waals surface area (Å²) in [5.74, 6) is 1.67. The van der Waals surface area contributed by atoms with Gasteiger partial charge in [-0.05, 0) is 37.0 Å². The van der Waals surface area contributed by atoms with Gasteiger partial charge in [-0.3, -0.25) is 4.79 Å². The van der Waals surface area contributed by atoms with Gasteiger partial charge in [0, 0.05) is 22.5 Å². The SMILES string of the molecule is O=C(CSc1nc(-c2ccccc2)nc2ccc(Cl)cc12)NCC1CCCCC1. The van der Waals surface area contributed by atoms with E-state index in [9.17, 15) is 4.79 Å². The maximum Gasteiger partial charge on any atom is 0.230 e. The molecule has 0 bridgehead atoms. The number of amides is 1. The lowest BCUT2D eigenvalue weighted by Crippen LogP contribution is -2.31. The highest BCUT2D eigenvalue weighted by molar-refractivity contribution is 8.00. The second-order valence-corrected chi connectivity index (χ2v) is 8.88. The van der Waals surface area contributed by atoms with Crippen molar-refractivity contribution in [2.45, 2.75) is 37.1 Å². The molecule has 1 aliphatic rings. The summed E-state index contributed by atoms with van der Waals surface area (Å²) in [6.45, 7) is 0.783. The van der Waals surface area contributed by atoms with Gasteiger partial charge in [-0.1, -0.05) is 73.0 Å². The third-order valence-corrected chi connectivity index (χ3v) is 6.53. The Morgan fingerprint density at radius 2 is 1.86 bits per heavy atom. The Labute approximate surface area is 180 Å². The molecule has 2 aromatic carbocycles. The molecule has 0 unspecified atom stereocenters. The molecule has 1 N–H and O–H groups in total. The lowest BCUT2D eigenvalue weighted by molar-refractivity contribution is -0.118. The number of fused-ring (bicyclic) bond motifs is 1. The van der Waals surface area contributed by atoms with E-state index in [4.69, 9.17) is 16.6 Å². The Morgan fingerprint density at radius 3 is 2.66 bits per heavy atom. The topological polar surface area (TPSA) is 54.9 Å². The number of benzene rings is 2. The van der Waals surface area contributed by atoms with Crippen LogP contribution in [0.1, 0.15) is 32.1 Å². The first-order valence-corrected chi connectivity index (χ1v) is 11.5. The van der Waals surface area contributed by atoms with Crippen LogP contribution in [0.25, 0.3) is 22.3 Å². The average molecular weight is 426 g/mol. The number of carbonyl (C=O) groups excluding carboxylic acids is 1. The van der Waals surface area contributed by atoms with Crippen molar-refractivity contribution >= 4 is 40.2 Å².